The molecule has 1 fully saturated rings. The summed E-state index contributed by atoms with van der Waals surface area (Å²) in [6, 6.07) is 8.48. The lowest BCUT2D eigenvalue weighted by Crippen LogP contribution is -2.46. The van der Waals surface area contributed by atoms with E-state index >= 15 is 0 Å². The van der Waals surface area contributed by atoms with Crippen LogP contribution in [0.2, 0.25) is 0 Å². The summed E-state index contributed by atoms with van der Waals surface area (Å²) in [6.45, 7) is 13.8. The van der Waals surface area contributed by atoms with Gasteiger partial charge >= 0.3 is 0 Å². The van der Waals surface area contributed by atoms with Crippen molar-refractivity contribution < 1.29 is 4.74 Å². The highest BCUT2D eigenvalue weighted by molar-refractivity contribution is 5.72. The summed E-state index contributed by atoms with van der Waals surface area (Å²) in [4.78, 5) is 14.2. The van der Waals surface area contributed by atoms with Crippen molar-refractivity contribution in [1.29, 1.82) is 0 Å². The number of aryl methyl sites for hydroxylation is 1. The van der Waals surface area contributed by atoms with Crippen LogP contribution in [-0.2, 0) is 24.9 Å². The largest absolute Gasteiger partial charge is 0.371 e. The molecule has 2 aromatic heterocycles. The van der Waals surface area contributed by atoms with Crippen LogP contribution >= 0.6 is 0 Å². The second kappa shape index (κ2) is 9.38. The average molecular weight is 435 g/mol. The van der Waals surface area contributed by atoms with Gasteiger partial charge in [-0.2, -0.15) is 5.10 Å². The Morgan fingerprint density at radius 1 is 0.969 bits per heavy atom. The van der Waals surface area contributed by atoms with E-state index in [1.165, 1.54) is 11.3 Å². The Morgan fingerprint density at radius 2 is 1.66 bits per heavy atom. The molecule has 3 aromatic rings. The van der Waals surface area contributed by atoms with E-state index in [1.54, 1.807) is 12.4 Å². The first-order valence-corrected chi connectivity index (χ1v) is 11.3. The van der Waals surface area contributed by atoms with Gasteiger partial charge < -0.3 is 9.64 Å². The highest BCUT2D eigenvalue weighted by Crippen LogP contribution is 2.28. The number of piperazine rings is 1. The van der Waals surface area contributed by atoms with Gasteiger partial charge in [-0.1, -0.05) is 24.3 Å². The molecule has 4 rings (SSSR count). The molecule has 170 valence electrons. The molecule has 1 aliphatic heterocycles. The molecular weight excluding hydrogens is 400 g/mol. The maximum absolute atomic E-state index is 5.90. The van der Waals surface area contributed by atoms with Crippen molar-refractivity contribution in [3.05, 3.63) is 59.7 Å². The molecule has 0 atom stereocenters. The number of aromatic nitrogens is 4. The fraction of sp³-hybridized carbons (Fsp3) is 0.480. The third-order valence-corrected chi connectivity index (χ3v) is 5.98. The number of hydrogen-bond acceptors (Lipinski definition) is 6. The Kier molecular flexibility index (Phi) is 6.58. The third kappa shape index (κ3) is 5.34. The van der Waals surface area contributed by atoms with Gasteiger partial charge in [-0.3, -0.25) is 14.6 Å². The zero-order valence-electron chi connectivity index (χ0n) is 19.9. The minimum Gasteiger partial charge on any atom is -0.371 e. The fourth-order valence-corrected chi connectivity index (χ4v) is 3.88. The van der Waals surface area contributed by atoms with Crippen molar-refractivity contribution in [1.82, 2.24) is 24.6 Å². The van der Waals surface area contributed by atoms with E-state index in [1.807, 2.05) is 17.9 Å². The predicted molar refractivity (Wildman–Crippen MR) is 127 cm³/mol. The molecule has 7 nitrogen and oxygen atoms in total. The van der Waals surface area contributed by atoms with Crippen molar-refractivity contribution in [3.8, 4) is 11.3 Å². The second-order valence-corrected chi connectivity index (χ2v) is 9.47. The van der Waals surface area contributed by atoms with Crippen molar-refractivity contribution in [3.63, 3.8) is 0 Å². The number of rotatable bonds is 6. The van der Waals surface area contributed by atoms with E-state index < -0.39 is 0 Å². The third-order valence-electron chi connectivity index (χ3n) is 5.98. The van der Waals surface area contributed by atoms with Gasteiger partial charge in [0, 0.05) is 69.0 Å². The molecular formula is C25H34N6O. The second-order valence-electron chi connectivity index (χ2n) is 9.47. The molecule has 0 saturated carbocycles. The van der Waals surface area contributed by atoms with Crippen molar-refractivity contribution in [2.75, 3.05) is 31.1 Å². The Labute approximate surface area is 191 Å². The lowest BCUT2D eigenvalue weighted by Gasteiger charge is -2.35. The van der Waals surface area contributed by atoms with E-state index in [9.17, 15) is 0 Å². The highest BCUT2D eigenvalue weighted by Gasteiger charge is 2.22. The Balaban J connectivity index is 1.42. The van der Waals surface area contributed by atoms with Crippen LogP contribution in [0.1, 0.15) is 37.6 Å². The molecule has 0 aliphatic carbocycles. The van der Waals surface area contributed by atoms with Gasteiger partial charge in [0.25, 0.3) is 0 Å². The Hall–Kier alpha value is -2.77. The van der Waals surface area contributed by atoms with Crippen LogP contribution in [-0.4, -0.2) is 56.4 Å². The van der Waals surface area contributed by atoms with E-state index in [4.69, 9.17) is 9.72 Å². The van der Waals surface area contributed by atoms with Crippen molar-refractivity contribution in [2.24, 2.45) is 7.05 Å². The number of benzene rings is 1. The summed E-state index contributed by atoms with van der Waals surface area (Å²) in [6.07, 6.45) is 5.55. The smallest absolute Gasteiger partial charge is 0.155 e. The van der Waals surface area contributed by atoms with Crippen molar-refractivity contribution in [2.45, 2.75) is 46.4 Å². The quantitative estimate of drug-likeness (QED) is 0.588. The van der Waals surface area contributed by atoms with Crippen LogP contribution in [0.25, 0.3) is 11.3 Å². The van der Waals surface area contributed by atoms with Gasteiger partial charge in [-0.15, -0.1) is 0 Å². The molecule has 32 heavy (non-hydrogen) atoms. The van der Waals surface area contributed by atoms with Crippen LogP contribution in [0.5, 0.6) is 0 Å². The van der Waals surface area contributed by atoms with Crippen LogP contribution in [0.15, 0.2) is 42.9 Å². The van der Waals surface area contributed by atoms with Crippen LogP contribution in [0.3, 0.4) is 0 Å². The van der Waals surface area contributed by atoms with Gasteiger partial charge in [-0.25, -0.2) is 4.98 Å². The van der Waals surface area contributed by atoms with E-state index in [0.717, 1.165) is 55.4 Å². The fourth-order valence-electron chi connectivity index (χ4n) is 3.88. The lowest BCUT2D eigenvalue weighted by atomic mass is 10.1. The van der Waals surface area contributed by atoms with Gasteiger partial charge in [0.05, 0.1) is 18.4 Å². The summed E-state index contributed by atoms with van der Waals surface area (Å²) >= 11 is 0. The molecule has 0 unspecified atom stereocenters. The molecule has 3 heterocycles. The standard InChI is InChI=1S/C25H34N6O/c1-19-22(16-28-29(19)5)17-30-12-14-31(15-13-30)24-23(26-10-11-27-24)21-8-6-20(7-9-21)18-32-25(2,3)4/h6-11,16H,12-15,17-18H2,1-5H3. The molecule has 1 saturated heterocycles. The minimum absolute atomic E-state index is 0.144. The van der Waals surface area contributed by atoms with Gasteiger partial charge in [0.2, 0.25) is 0 Å². The molecule has 0 bridgehead atoms. The monoisotopic (exact) mass is 434 g/mol. The molecule has 0 amide bonds. The lowest BCUT2D eigenvalue weighted by molar-refractivity contribution is -0.0149. The van der Waals surface area contributed by atoms with Gasteiger partial charge in [0.15, 0.2) is 5.82 Å². The molecule has 0 spiro atoms. The SMILES string of the molecule is Cc1c(CN2CCN(c3nccnc3-c3ccc(COC(C)(C)C)cc3)CC2)cnn1C. The summed E-state index contributed by atoms with van der Waals surface area (Å²) in [7, 11) is 2.00. The van der Waals surface area contributed by atoms with Gasteiger partial charge in [-0.05, 0) is 33.3 Å². The van der Waals surface area contributed by atoms with Crippen LogP contribution in [0, 0.1) is 6.92 Å². The van der Waals surface area contributed by atoms with Crippen molar-refractivity contribution >= 4 is 5.82 Å². The maximum atomic E-state index is 5.90. The average Bonchev–Trinajstić information content (AvgIpc) is 3.10. The molecule has 0 radical (unpaired) electrons. The van der Waals surface area contributed by atoms with E-state index in [-0.39, 0.29) is 5.60 Å². The normalized spacial score (nSPS) is 15.3. The topological polar surface area (TPSA) is 59.3 Å². The molecule has 0 N–H and O–H groups in total. The number of anilines is 1. The Morgan fingerprint density at radius 3 is 2.28 bits per heavy atom. The summed E-state index contributed by atoms with van der Waals surface area (Å²) in [5.41, 5.74) is 5.58. The summed E-state index contributed by atoms with van der Waals surface area (Å²) < 4.78 is 7.84. The predicted octanol–water partition coefficient (Wildman–Crippen LogP) is 3.82. The minimum atomic E-state index is -0.144. The molecule has 7 heteroatoms. The zero-order chi connectivity index (χ0) is 22.7. The first kappa shape index (κ1) is 22.4. The first-order chi connectivity index (χ1) is 15.3. The van der Waals surface area contributed by atoms with E-state index in [2.05, 4.69) is 71.8 Å². The molecule has 1 aliphatic rings. The Bertz CT molecular complexity index is 1030. The van der Waals surface area contributed by atoms with Crippen LogP contribution < -0.4 is 4.90 Å². The number of nitrogens with zero attached hydrogens (tertiary/aromatic N) is 6. The van der Waals surface area contributed by atoms with Crippen LogP contribution in [0.4, 0.5) is 5.82 Å². The highest BCUT2D eigenvalue weighted by atomic mass is 16.5. The van der Waals surface area contributed by atoms with Gasteiger partial charge in [0.1, 0.15) is 5.69 Å². The number of hydrogen-bond donors (Lipinski definition) is 0. The first-order valence-electron chi connectivity index (χ1n) is 11.3. The summed E-state index contributed by atoms with van der Waals surface area (Å²) in [5, 5.41) is 4.37. The molecule has 1 aromatic carbocycles. The zero-order valence-corrected chi connectivity index (χ0v) is 19.9. The number of ether oxygens (including phenoxy) is 1. The maximum Gasteiger partial charge on any atom is 0.155 e. The van der Waals surface area contributed by atoms with E-state index in [0.29, 0.717) is 6.61 Å². The summed E-state index contributed by atoms with van der Waals surface area (Å²) in [5.74, 6) is 0.961.